The van der Waals surface area contributed by atoms with E-state index >= 15 is 0 Å². The molecule has 0 bridgehead atoms. The number of benzene rings is 1. The zero-order chi connectivity index (χ0) is 22.7. The Morgan fingerprint density at radius 2 is 1.81 bits per heavy atom. The molecular formula is C22H22FN5O4. The minimum absolute atomic E-state index is 0.0921. The maximum absolute atomic E-state index is 14.9. The van der Waals surface area contributed by atoms with Gasteiger partial charge < -0.3 is 14.2 Å². The van der Waals surface area contributed by atoms with E-state index in [1.807, 2.05) is 11.8 Å². The molecule has 0 atom stereocenters. The highest BCUT2D eigenvalue weighted by Crippen LogP contribution is 2.26. The molecule has 3 aromatic rings. The molecule has 2 aromatic heterocycles. The van der Waals surface area contributed by atoms with Crippen molar-refractivity contribution in [3.8, 4) is 0 Å². The van der Waals surface area contributed by atoms with Gasteiger partial charge in [-0.1, -0.05) is 0 Å². The van der Waals surface area contributed by atoms with Gasteiger partial charge in [0.05, 0.1) is 24.4 Å². The summed E-state index contributed by atoms with van der Waals surface area (Å²) in [5, 5.41) is 0.0921. The van der Waals surface area contributed by atoms with Crippen molar-refractivity contribution in [1.82, 2.24) is 20.4 Å². The lowest BCUT2D eigenvalue weighted by atomic mass is 10.1. The van der Waals surface area contributed by atoms with Crippen LogP contribution in [0.25, 0.3) is 10.9 Å². The molecule has 1 aliphatic heterocycles. The molecule has 0 radical (unpaired) electrons. The van der Waals surface area contributed by atoms with Crippen LogP contribution in [0.5, 0.6) is 0 Å². The smallest absolute Gasteiger partial charge is 0.275 e. The van der Waals surface area contributed by atoms with Crippen molar-refractivity contribution in [3.05, 3.63) is 70.0 Å². The second-order valence-electron chi connectivity index (χ2n) is 7.22. The minimum Gasteiger partial charge on any atom is -0.378 e. The van der Waals surface area contributed by atoms with Crippen molar-refractivity contribution >= 4 is 28.4 Å². The quantitative estimate of drug-likeness (QED) is 0.597. The fourth-order valence-corrected chi connectivity index (χ4v) is 3.63. The number of nitrogens with one attached hydrogen (secondary N) is 2. The van der Waals surface area contributed by atoms with E-state index in [0.717, 1.165) is 0 Å². The summed E-state index contributed by atoms with van der Waals surface area (Å²) in [6, 6.07) is 5.77. The lowest BCUT2D eigenvalue weighted by Crippen LogP contribution is -2.43. The summed E-state index contributed by atoms with van der Waals surface area (Å²) in [7, 11) is 0. The Hall–Kier alpha value is -3.79. The second kappa shape index (κ2) is 9.15. The number of ether oxygens (including phenoxy) is 1. The van der Waals surface area contributed by atoms with Crippen LogP contribution in [0.4, 0.5) is 10.1 Å². The van der Waals surface area contributed by atoms with Crippen molar-refractivity contribution < 1.29 is 18.7 Å². The van der Waals surface area contributed by atoms with Crippen molar-refractivity contribution in [3.63, 3.8) is 0 Å². The maximum atomic E-state index is 14.9. The molecule has 2 N–H and O–H groups in total. The zero-order valence-corrected chi connectivity index (χ0v) is 17.4. The molecule has 10 heteroatoms. The predicted octanol–water partition coefficient (Wildman–Crippen LogP) is 1.47. The molecule has 166 valence electrons. The van der Waals surface area contributed by atoms with Crippen LogP contribution in [0.2, 0.25) is 0 Å². The van der Waals surface area contributed by atoms with E-state index in [1.165, 1.54) is 36.8 Å². The molecule has 0 unspecified atom stereocenters. The van der Waals surface area contributed by atoms with Gasteiger partial charge in [-0.25, -0.2) is 4.39 Å². The Labute approximate surface area is 182 Å². The van der Waals surface area contributed by atoms with Crippen LogP contribution in [0.15, 0.2) is 47.7 Å². The summed E-state index contributed by atoms with van der Waals surface area (Å²) in [5.74, 6) is -1.89. The minimum atomic E-state index is -0.792. The first-order valence-corrected chi connectivity index (χ1v) is 10.2. The van der Waals surface area contributed by atoms with Gasteiger partial charge in [0.1, 0.15) is 11.4 Å². The summed E-state index contributed by atoms with van der Waals surface area (Å²) in [6.45, 7) is 4.42. The summed E-state index contributed by atoms with van der Waals surface area (Å²) >= 11 is 0. The van der Waals surface area contributed by atoms with Gasteiger partial charge in [0.15, 0.2) is 0 Å². The molecule has 1 fully saturated rings. The van der Waals surface area contributed by atoms with E-state index in [4.69, 9.17) is 4.74 Å². The third-order valence-electron chi connectivity index (χ3n) is 5.32. The van der Waals surface area contributed by atoms with E-state index in [9.17, 15) is 18.8 Å². The first-order valence-electron chi connectivity index (χ1n) is 10.2. The fraction of sp³-hybridized carbons (Fsp3) is 0.273. The van der Waals surface area contributed by atoms with Crippen molar-refractivity contribution in [2.24, 2.45) is 0 Å². The highest BCUT2D eigenvalue weighted by molar-refractivity contribution is 6.00. The van der Waals surface area contributed by atoms with Crippen LogP contribution >= 0.6 is 0 Å². The number of halogens is 1. The summed E-state index contributed by atoms with van der Waals surface area (Å²) < 4.78 is 21.9. The number of morpholine rings is 1. The van der Waals surface area contributed by atoms with Gasteiger partial charge >= 0.3 is 0 Å². The molecule has 9 nitrogen and oxygen atoms in total. The Morgan fingerprint density at radius 1 is 1.12 bits per heavy atom. The summed E-state index contributed by atoms with van der Waals surface area (Å²) in [4.78, 5) is 43.5. The third kappa shape index (κ3) is 4.17. The number of aryl methyl sites for hydroxylation is 1. The van der Waals surface area contributed by atoms with Crippen molar-refractivity contribution in [2.75, 3.05) is 31.2 Å². The normalized spacial score (nSPS) is 13.8. The number of amides is 2. The van der Waals surface area contributed by atoms with E-state index in [0.29, 0.717) is 49.6 Å². The Kier molecular flexibility index (Phi) is 6.13. The average molecular weight is 439 g/mol. The van der Waals surface area contributed by atoms with Crippen molar-refractivity contribution in [1.29, 1.82) is 0 Å². The zero-order valence-electron chi connectivity index (χ0n) is 17.4. The van der Waals surface area contributed by atoms with Crippen LogP contribution in [-0.2, 0) is 11.3 Å². The number of pyridine rings is 2. The van der Waals surface area contributed by atoms with E-state index in [1.54, 1.807) is 10.6 Å². The van der Waals surface area contributed by atoms with Gasteiger partial charge in [-0.3, -0.25) is 30.2 Å². The number of rotatable bonds is 4. The fourth-order valence-electron chi connectivity index (χ4n) is 3.63. The molecule has 0 spiro atoms. The molecule has 2 amide bonds. The number of carbonyl (C=O) groups excluding carboxylic acids is 2. The summed E-state index contributed by atoms with van der Waals surface area (Å²) in [6.07, 6.45) is 4.30. The first-order chi connectivity index (χ1) is 15.5. The largest absolute Gasteiger partial charge is 0.378 e. The standard InChI is InChI=1S/C22H22FN5O4/c1-2-27-13-16(22(31)26-25-21(30)14-3-5-24-6-4-14)20(29)15-11-17(23)19(12-18(15)27)28-7-9-32-10-8-28/h3-6,11-13H,2,7-10H2,1H3,(H,25,30)(H,26,31). The Morgan fingerprint density at radius 3 is 2.50 bits per heavy atom. The van der Waals surface area contributed by atoms with Gasteiger partial charge in [0.2, 0.25) is 5.43 Å². The highest BCUT2D eigenvalue weighted by atomic mass is 19.1. The lowest BCUT2D eigenvalue weighted by molar-refractivity contribution is 0.0845. The number of nitrogens with zero attached hydrogens (tertiary/aromatic N) is 3. The van der Waals surface area contributed by atoms with E-state index in [2.05, 4.69) is 15.8 Å². The number of anilines is 1. The molecule has 4 rings (SSSR count). The maximum Gasteiger partial charge on any atom is 0.275 e. The number of carbonyl (C=O) groups is 2. The van der Waals surface area contributed by atoms with Gasteiger partial charge in [0, 0.05) is 49.2 Å². The SMILES string of the molecule is CCn1cc(C(=O)NNC(=O)c2ccncc2)c(=O)c2cc(F)c(N3CCOCC3)cc21. The molecule has 1 aromatic carbocycles. The predicted molar refractivity (Wildman–Crippen MR) is 116 cm³/mol. The van der Waals surface area contributed by atoms with Gasteiger partial charge in [-0.15, -0.1) is 0 Å². The number of aromatic nitrogens is 2. The molecular weight excluding hydrogens is 417 g/mol. The van der Waals surface area contributed by atoms with E-state index in [-0.39, 0.29) is 10.9 Å². The van der Waals surface area contributed by atoms with Gasteiger partial charge in [-0.05, 0) is 31.2 Å². The monoisotopic (exact) mass is 439 g/mol. The van der Waals surface area contributed by atoms with Crippen LogP contribution in [0, 0.1) is 5.82 Å². The third-order valence-corrected chi connectivity index (χ3v) is 5.32. The first kappa shape index (κ1) is 21.4. The van der Waals surface area contributed by atoms with Crippen LogP contribution < -0.4 is 21.2 Å². The number of fused-ring (bicyclic) bond motifs is 1. The molecule has 32 heavy (non-hydrogen) atoms. The van der Waals surface area contributed by atoms with Crippen LogP contribution in [0.1, 0.15) is 27.6 Å². The van der Waals surface area contributed by atoms with Gasteiger partial charge in [-0.2, -0.15) is 0 Å². The second-order valence-corrected chi connectivity index (χ2v) is 7.22. The Balaban J connectivity index is 1.65. The van der Waals surface area contributed by atoms with Crippen LogP contribution in [-0.4, -0.2) is 47.7 Å². The number of hydrogen-bond donors (Lipinski definition) is 2. The van der Waals surface area contributed by atoms with Crippen LogP contribution in [0.3, 0.4) is 0 Å². The highest BCUT2D eigenvalue weighted by Gasteiger charge is 2.21. The van der Waals surface area contributed by atoms with Gasteiger partial charge in [0.25, 0.3) is 11.8 Å². The average Bonchev–Trinajstić information content (AvgIpc) is 2.83. The molecule has 1 saturated heterocycles. The topological polar surface area (TPSA) is 106 Å². The Bertz CT molecular complexity index is 1220. The molecule has 1 aliphatic rings. The van der Waals surface area contributed by atoms with Crippen molar-refractivity contribution in [2.45, 2.75) is 13.5 Å². The number of hydrazine groups is 1. The molecule has 3 heterocycles. The molecule has 0 saturated carbocycles. The lowest BCUT2D eigenvalue weighted by Gasteiger charge is -2.29. The summed E-state index contributed by atoms with van der Waals surface area (Å²) in [5.41, 5.74) is 4.90. The number of hydrogen-bond acceptors (Lipinski definition) is 6. The van der Waals surface area contributed by atoms with E-state index < -0.39 is 23.1 Å². The molecule has 0 aliphatic carbocycles.